The zero-order valence-electron chi connectivity index (χ0n) is 8.40. The summed E-state index contributed by atoms with van der Waals surface area (Å²) in [6.07, 6.45) is 8.78. The molecule has 2 atom stereocenters. The molecule has 0 radical (unpaired) electrons. The Hall–Kier alpha value is -0.260. The zero-order chi connectivity index (χ0) is 8.55. The standard InChI is InChI=1S/C12H20/c1-9-5-3-4-6-11-7-8-12(11)10(9)2/h11-12H,3-8H2,1-2H3/b10-9-/t11-,12-/m0/s1. The van der Waals surface area contributed by atoms with Gasteiger partial charge in [-0.15, -0.1) is 0 Å². The first-order valence-electron chi connectivity index (χ1n) is 5.45. The maximum atomic E-state index is 2.37. The molecule has 0 heterocycles. The molecule has 0 spiro atoms. The highest BCUT2D eigenvalue weighted by Gasteiger charge is 2.32. The van der Waals surface area contributed by atoms with E-state index in [0.29, 0.717) is 0 Å². The average Bonchev–Trinajstić information content (AvgIpc) is 2.00. The lowest BCUT2D eigenvalue weighted by atomic mass is 9.66. The Morgan fingerprint density at radius 2 is 1.83 bits per heavy atom. The van der Waals surface area contributed by atoms with Gasteiger partial charge in [0.2, 0.25) is 0 Å². The topological polar surface area (TPSA) is 0 Å². The van der Waals surface area contributed by atoms with Crippen LogP contribution in [-0.2, 0) is 0 Å². The van der Waals surface area contributed by atoms with Gasteiger partial charge in [0.15, 0.2) is 0 Å². The van der Waals surface area contributed by atoms with Crippen LogP contribution in [0.4, 0.5) is 0 Å². The molecule has 1 saturated carbocycles. The third-order valence-corrected chi connectivity index (χ3v) is 4.02. The second-order valence-corrected chi connectivity index (χ2v) is 4.65. The van der Waals surface area contributed by atoms with E-state index < -0.39 is 0 Å². The van der Waals surface area contributed by atoms with E-state index in [0.717, 1.165) is 11.8 Å². The molecule has 12 heavy (non-hydrogen) atoms. The van der Waals surface area contributed by atoms with E-state index in [4.69, 9.17) is 0 Å². The van der Waals surface area contributed by atoms with E-state index in [1.165, 1.54) is 38.5 Å². The van der Waals surface area contributed by atoms with Crippen molar-refractivity contribution < 1.29 is 0 Å². The van der Waals surface area contributed by atoms with E-state index in [-0.39, 0.29) is 0 Å². The molecule has 2 aliphatic carbocycles. The minimum atomic E-state index is 0.991. The molecule has 0 N–H and O–H groups in total. The van der Waals surface area contributed by atoms with Gasteiger partial charge < -0.3 is 0 Å². The number of hydrogen-bond acceptors (Lipinski definition) is 0. The molecule has 0 amide bonds. The Balaban J connectivity index is 2.15. The molecule has 0 heteroatoms. The smallest absolute Gasteiger partial charge is 0.0175 e. The summed E-state index contributed by atoms with van der Waals surface area (Å²) in [4.78, 5) is 0. The highest BCUT2D eigenvalue weighted by atomic mass is 14.4. The van der Waals surface area contributed by atoms with Gasteiger partial charge in [-0.1, -0.05) is 17.6 Å². The van der Waals surface area contributed by atoms with Crippen molar-refractivity contribution >= 4 is 0 Å². The lowest BCUT2D eigenvalue weighted by Gasteiger charge is -2.40. The molecule has 0 aromatic heterocycles. The van der Waals surface area contributed by atoms with Crippen LogP contribution in [0.1, 0.15) is 52.4 Å². The first kappa shape index (κ1) is 8.34. The Labute approximate surface area is 76.1 Å². The van der Waals surface area contributed by atoms with Crippen molar-refractivity contribution in [2.45, 2.75) is 52.4 Å². The zero-order valence-corrected chi connectivity index (χ0v) is 8.40. The molecule has 0 saturated heterocycles. The van der Waals surface area contributed by atoms with Gasteiger partial charge in [-0.25, -0.2) is 0 Å². The number of hydrogen-bond donors (Lipinski definition) is 0. The Bertz CT molecular complexity index is 200. The molecule has 68 valence electrons. The molecule has 0 aromatic rings. The van der Waals surface area contributed by atoms with Crippen molar-refractivity contribution in [1.82, 2.24) is 0 Å². The predicted octanol–water partition coefficient (Wildman–Crippen LogP) is 3.92. The fourth-order valence-corrected chi connectivity index (χ4v) is 2.79. The van der Waals surface area contributed by atoms with E-state index in [2.05, 4.69) is 13.8 Å². The third kappa shape index (κ3) is 1.32. The Kier molecular flexibility index (Phi) is 2.25. The van der Waals surface area contributed by atoms with Crippen molar-refractivity contribution in [3.8, 4) is 0 Å². The van der Waals surface area contributed by atoms with E-state index in [1.54, 1.807) is 11.1 Å². The van der Waals surface area contributed by atoms with Crippen LogP contribution in [0.25, 0.3) is 0 Å². The summed E-state index contributed by atoms with van der Waals surface area (Å²) in [6.45, 7) is 4.72. The van der Waals surface area contributed by atoms with Crippen molar-refractivity contribution in [2.75, 3.05) is 0 Å². The van der Waals surface area contributed by atoms with Crippen LogP contribution in [0.15, 0.2) is 11.1 Å². The molecule has 0 aliphatic heterocycles. The van der Waals surface area contributed by atoms with Gasteiger partial charge in [-0.3, -0.25) is 0 Å². The average molecular weight is 164 g/mol. The summed E-state index contributed by atoms with van der Waals surface area (Å²) in [5.74, 6) is 2.06. The van der Waals surface area contributed by atoms with E-state index >= 15 is 0 Å². The third-order valence-electron chi connectivity index (χ3n) is 4.02. The summed E-state index contributed by atoms with van der Waals surface area (Å²) < 4.78 is 0. The first-order chi connectivity index (χ1) is 5.79. The van der Waals surface area contributed by atoms with Gasteiger partial charge in [0.25, 0.3) is 0 Å². The van der Waals surface area contributed by atoms with Gasteiger partial charge in [-0.2, -0.15) is 0 Å². The van der Waals surface area contributed by atoms with Gasteiger partial charge >= 0.3 is 0 Å². The van der Waals surface area contributed by atoms with E-state index in [9.17, 15) is 0 Å². The highest BCUT2D eigenvalue weighted by molar-refractivity contribution is 5.17. The number of allylic oxidation sites excluding steroid dienone is 2. The second-order valence-electron chi connectivity index (χ2n) is 4.65. The van der Waals surface area contributed by atoms with Crippen molar-refractivity contribution in [1.29, 1.82) is 0 Å². The van der Waals surface area contributed by atoms with Crippen LogP contribution in [0, 0.1) is 11.8 Å². The number of rotatable bonds is 0. The molecule has 1 fully saturated rings. The predicted molar refractivity (Wildman–Crippen MR) is 53.1 cm³/mol. The largest absolute Gasteiger partial charge is 0.0741 e. The quantitative estimate of drug-likeness (QED) is 0.476. The fraction of sp³-hybridized carbons (Fsp3) is 0.833. The molecule has 2 aliphatic rings. The summed E-state index contributed by atoms with van der Waals surface area (Å²) in [5.41, 5.74) is 3.44. The molecular weight excluding hydrogens is 144 g/mol. The van der Waals surface area contributed by atoms with Gasteiger partial charge in [0.05, 0.1) is 0 Å². The van der Waals surface area contributed by atoms with Gasteiger partial charge in [-0.05, 0) is 57.8 Å². The van der Waals surface area contributed by atoms with Crippen LogP contribution in [0.5, 0.6) is 0 Å². The molecule has 0 bridgehead atoms. The highest BCUT2D eigenvalue weighted by Crippen LogP contribution is 2.45. The SMILES string of the molecule is C/C1=C(\C)[C@@H]2CC[C@@H]2CCCC1. The second kappa shape index (κ2) is 3.24. The number of fused-ring (bicyclic) bond motifs is 1. The summed E-state index contributed by atoms with van der Waals surface area (Å²) in [7, 11) is 0. The molecule has 2 rings (SSSR count). The summed E-state index contributed by atoms with van der Waals surface area (Å²) in [5, 5.41) is 0. The van der Waals surface area contributed by atoms with E-state index in [1.807, 2.05) is 0 Å². The molecule has 0 unspecified atom stereocenters. The fourth-order valence-electron chi connectivity index (χ4n) is 2.79. The van der Waals surface area contributed by atoms with Crippen LogP contribution in [0.3, 0.4) is 0 Å². The lowest BCUT2D eigenvalue weighted by Crippen LogP contribution is -2.28. The Morgan fingerprint density at radius 3 is 2.50 bits per heavy atom. The minimum Gasteiger partial charge on any atom is -0.0741 e. The minimum absolute atomic E-state index is 0.991. The maximum Gasteiger partial charge on any atom is -0.0175 e. The first-order valence-corrected chi connectivity index (χ1v) is 5.45. The maximum absolute atomic E-state index is 2.37. The van der Waals surface area contributed by atoms with Crippen molar-refractivity contribution in [3.05, 3.63) is 11.1 Å². The molecular formula is C12H20. The summed E-state index contributed by atoms with van der Waals surface area (Å²) >= 11 is 0. The van der Waals surface area contributed by atoms with Crippen molar-refractivity contribution in [3.63, 3.8) is 0 Å². The van der Waals surface area contributed by atoms with Crippen LogP contribution >= 0.6 is 0 Å². The van der Waals surface area contributed by atoms with Gasteiger partial charge in [0.1, 0.15) is 0 Å². The molecule has 0 aromatic carbocycles. The Morgan fingerprint density at radius 1 is 1.00 bits per heavy atom. The van der Waals surface area contributed by atoms with Crippen LogP contribution < -0.4 is 0 Å². The van der Waals surface area contributed by atoms with Crippen LogP contribution in [0.2, 0.25) is 0 Å². The summed E-state index contributed by atoms with van der Waals surface area (Å²) in [6, 6.07) is 0. The van der Waals surface area contributed by atoms with Crippen LogP contribution in [-0.4, -0.2) is 0 Å². The van der Waals surface area contributed by atoms with Gasteiger partial charge in [0, 0.05) is 0 Å². The normalized spacial score (nSPS) is 42.5. The lowest BCUT2D eigenvalue weighted by molar-refractivity contribution is 0.189. The van der Waals surface area contributed by atoms with Crippen molar-refractivity contribution in [2.24, 2.45) is 11.8 Å². The monoisotopic (exact) mass is 164 g/mol. The molecule has 0 nitrogen and oxygen atoms in total.